The van der Waals surface area contributed by atoms with Crippen molar-refractivity contribution in [1.29, 1.82) is 5.41 Å². The number of nitrogen functional groups attached to an aromatic ring is 1. The molecule has 136 valence electrons. The lowest BCUT2D eigenvalue weighted by atomic mass is 9.87. The summed E-state index contributed by atoms with van der Waals surface area (Å²) < 4.78 is 5.54. The van der Waals surface area contributed by atoms with E-state index in [4.69, 9.17) is 15.9 Å². The number of hydrogen-bond acceptors (Lipinski definition) is 4. The van der Waals surface area contributed by atoms with Crippen LogP contribution in [0.1, 0.15) is 54.7 Å². The highest BCUT2D eigenvalue weighted by atomic mass is 16.5. The summed E-state index contributed by atoms with van der Waals surface area (Å²) in [5, 5.41) is 7.41. The zero-order valence-electron chi connectivity index (χ0n) is 14.9. The third kappa shape index (κ3) is 4.91. The smallest absolute Gasteiger partial charge is 0.306 e. The first-order valence-electron chi connectivity index (χ1n) is 9.14. The molecule has 1 aromatic carbocycles. The maximum Gasteiger partial charge on any atom is 0.306 e. The molecule has 0 saturated carbocycles. The van der Waals surface area contributed by atoms with Crippen LogP contribution >= 0.6 is 0 Å². The summed E-state index contributed by atoms with van der Waals surface area (Å²) >= 11 is 0. The quantitative estimate of drug-likeness (QED) is 0.345. The second-order valence-corrected chi connectivity index (χ2v) is 6.89. The number of nitrogens with zero attached hydrogens (tertiary/aromatic N) is 1. The highest BCUT2D eigenvalue weighted by Gasteiger charge is 2.29. The Morgan fingerprint density at radius 2 is 2.04 bits per heavy atom. The molecule has 3 N–H and O–H groups in total. The van der Waals surface area contributed by atoms with Crippen LogP contribution in [0.2, 0.25) is 0 Å². The second-order valence-electron chi connectivity index (χ2n) is 6.89. The Hall–Kier alpha value is -2.69. The average molecular weight is 351 g/mol. The van der Waals surface area contributed by atoms with Crippen molar-refractivity contribution >= 4 is 11.8 Å². The van der Waals surface area contributed by atoms with Crippen LogP contribution in [0.3, 0.4) is 0 Å². The van der Waals surface area contributed by atoms with E-state index in [-0.39, 0.29) is 23.8 Å². The van der Waals surface area contributed by atoms with Crippen LogP contribution in [0, 0.1) is 5.41 Å². The minimum atomic E-state index is -0.102. The van der Waals surface area contributed by atoms with Gasteiger partial charge in [-0.1, -0.05) is 30.3 Å². The number of nitrogens with one attached hydrogen (secondary N) is 1. The van der Waals surface area contributed by atoms with Crippen molar-refractivity contribution in [3.05, 3.63) is 65.5 Å². The molecule has 1 aliphatic heterocycles. The van der Waals surface area contributed by atoms with Gasteiger partial charge in [0.25, 0.3) is 0 Å². The molecule has 1 fully saturated rings. The second kappa shape index (κ2) is 8.61. The Labute approximate surface area is 154 Å². The molecule has 2 atom stereocenters. The van der Waals surface area contributed by atoms with Gasteiger partial charge < -0.3 is 10.5 Å². The van der Waals surface area contributed by atoms with Gasteiger partial charge in [0.2, 0.25) is 0 Å². The van der Waals surface area contributed by atoms with Gasteiger partial charge in [0, 0.05) is 18.0 Å². The van der Waals surface area contributed by atoms with Crippen LogP contribution in [-0.4, -0.2) is 22.9 Å². The zero-order valence-corrected chi connectivity index (χ0v) is 14.9. The summed E-state index contributed by atoms with van der Waals surface area (Å²) in [7, 11) is 0. The largest absolute Gasteiger partial charge is 0.462 e. The number of carbonyl (C=O) groups excluding carboxylic acids is 1. The summed E-state index contributed by atoms with van der Waals surface area (Å²) in [6, 6.07) is 11.8. The molecule has 1 saturated heterocycles. The first-order chi connectivity index (χ1) is 12.6. The van der Waals surface area contributed by atoms with E-state index in [9.17, 15) is 4.79 Å². The molecule has 2 heterocycles. The van der Waals surface area contributed by atoms with E-state index in [2.05, 4.69) is 4.98 Å². The SMILES string of the molecule is N=C(N)c1ccc(CCCCC2C[C@@H](c3cccnc3)CC(=O)O2)cc1. The van der Waals surface area contributed by atoms with Gasteiger partial charge in [-0.05, 0) is 55.2 Å². The first kappa shape index (κ1) is 18.1. The number of unbranched alkanes of at least 4 members (excludes halogenated alkanes) is 1. The number of amidine groups is 1. The van der Waals surface area contributed by atoms with Gasteiger partial charge in [-0.15, -0.1) is 0 Å². The van der Waals surface area contributed by atoms with E-state index >= 15 is 0 Å². The summed E-state index contributed by atoms with van der Waals surface area (Å²) in [4.78, 5) is 16.1. The summed E-state index contributed by atoms with van der Waals surface area (Å²) in [6.07, 6.45) is 8.88. The van der Waals surface area contributed by atoms with Crippen LogP contribution in [0.25, 0.3) is 0 Å². The summed E-state index contributed by atoms with van der Waals surface area (Å²) in [6.45, 7) is 0. The van der Waals surface area contributed by atoms with E-state index in [0.717, 1.165) is 43.2 Å². The number of pyridine rings is 1. The number of esters is 1. The number of cyclic esters (lactones) is 1. The van der Waals surface area contributed by atoms with Crippen molar-refractivity contribution < 1.29 is 9.53 Å². The molecule has 0 amide bonds. The van der Waals surface area contributed by atoms with E-state index < -0.39 is 0 Å². The summed E-state index contributed by atoms with van der Waals surface area (Å²) in [5.74, 6) is 0.211. The maximum absolute atomic E-state index is 11.9. The molecule has 0 aliphatic carbocycles. The predicted octanol–water partition coefficient (Wildman–Crippen LogP) is 3.57. The summed E-state index contributed by atoms with van der Waals surface area (Å²) in [5.41, 5.74) is 8.59. The fraction of sp³-hybridized carbons (Fsp3) is 0.381. The van der Waals surface area contributed by atoms with Crippen LogP contribution in [0.4, 0.5) is 0 Å². The Balaban J connectivity index is 1.45. The number of carbonyl (C=O) groups is 1. The van der Waals surface area contributed by atoms with Crippen molar-refractivity contribution in [1.82, 2.24) is 4.98 Å². The van der Waals surface area contributed by atoms with Crippen LogP contribution in [0.5, 0.6) is 0 Å². The van der Waals surface area contributed by atoms with Gasteiger partial charge >= 0.3 is 5.97 Å². The normalized spacial score (nSPS) is 19.8. The molecule has 0 spiro atoms. The standard InChI is InChI=1S/C21H25N3O2/c22-21(23)16-9-7-15(8-10-16)4-1-2-6-19-12-18(13-20(25)26-19)17-5-3-11-24-14-17/h3,5,7-11,14,18-19H,1-2,4,6,12-13H2,(H3,22,23)/t18-,19?/m1/s1. The van der Waals surface area contributed by atoms with Crippen LogP contribution < -0.4 is 5.73 Å². The molecule has 0 bridgehead atoms. The van der Waals surface area contributed by atoms with Gasteiger partial charge in [0.15, 0.2) is 0 Å². The van der Waals surface area contributed by atoms with E-state index in [0.29, 0.717) is 6.42 Å². The third-order valence-corrected chi connectivity index (χ3v) is 4.92. The lowest BCUT2D eigenvalue weighted by Gasteiger charge is -2.29. The third-order valence-electron chi connectivity index (χ3n) is 4.92. The van der Waals surface area contributed by atoms with E-state index in [1.54, 1.807) is 6.20 Å². The van der Waals surface area contributed by atoms with Crippen LogP contribution in [0.15, 0.2) is 48.8 Å². The molecule has 26 heavy (non-hydrogen) atoms. The van der Waals surface area contributed by atoms with Crippen LogP contribution in [-0.2, 0) is 16.0 Å². The van der Waals surface area contributed by atoms with Gasteiger partial charge in [0.05, 0.1) is 6.42 Å². The molecule has 5 nitrogen and oxygen atoms in total. The van der Waals surface area contributed by atoms with Gasteiger partial charge in [-0.3, -0.25) is 15.2 Å². The fourth-order valence-corrected chi connectivity index (χ4v) is 3.48. The van der Waals surface area contributed by atoms with Crippen molar-refractivity contribution in [3.8, 4) is 0 Å². The maximum atomic E-state index is 11.9. The van der Waals surface area contributed by atoms with Crippen molar-refractivity contribution in [3.63, 3.8) is 0 Å². The molecule has 2 aromatic rings. The van der Waals surface area contributed by atoms with Gasteiger partial charge in [-0.2, -0.15) is 0 Å². The molecule has 0 radical (unpaired) electrons. The fourth-order valence-electron chi connectivity index (χ4n) is 3.48. The minimum absolute atomic E-state index is 0.00143. The van der Waals surface area contributed by atoms with E-state index in [1.165, 1.54) is 5.56 Å². The highest BCUT2D eigenvalue weighted by Crippen LogP contribution is 2.32. The molecule has 3 rings (SSSR count). The lowest BCUT2D eigenvalue weighted by molar-refractivity contribution is -0.155. The predicted molar refractivity (Wildman–Crippen MR) is 101 cm³/mol. The highest BCUT2D eigenvalue weighted by molar-refractivity contribution is 5.94. The Bertz CT molecular complexity index is 744. The topological polar surface area (TPSA) is 89.1 Å². The molecule has 1 aliphatic rings. The van der Waals surface area contributed by atoms with E-state index in [1.807, 2.05) is 42.6 Å². The molecular formula is C21H25N3O2. The van der Waals surface area contributed by atoms with Crippen molar-refractivity contribution in [2.45, 2.75) is 50.5 Å². The van der Waals surface area contributed by atoms with Crippen molar-refractivity contribution in [2.24, 2.45) is 5.73 Å². The number of aryl methyl sites for hydroxylation is 1. The number of hydrogen-bond donors (Lipinski definition) is 2. The number of nitrogens with two attached hydrogens (primary N) is 1. The minimum Gasteiger partial charge on any atom is -0.462 e. The van der Waals surface area contributed by atoms with Gasteiger partial charge in [0.1, 0.15) is 11.9 Å². The molecule has 1 aromatic heterocycles. The number of benzene rings is 1. The number of aromatic nitrogens is 1. The number of rotatable bonds is 7. The Morgan fingerprint density at radius 3 is 2.73 bits per heavy atom. The molecular weight excluding hydrogens is 326 g/mol. The molecule has 1 unspecified atom stereocenters. The van der Waals surface area contributed by atoms with Crippen molar-refractivity contribution in [2.75, 3.05) is 0 Å². The average Bonchev–Trinajstić information content (AvgIpc) is 2.66. The monoisotopic (exact) mass is 351 g/mol. The molecule has 5 heteroatoms. The number of ether oxygens (including phenoxy) is 1. The first-order valence-corrected chi connectivity index (χ1v) is 9.14. The Morgan fingerprint density at radius 1 is 1.23 bits per heavy atom. The Kier molecular flexibility index (Phi) is 6.00. The van der Waals surface area contributed by atoms with Gasteiger partial charge in [-0.25, -0.2) is 0 Å². The lowest BCUT2D eigenvalue weighted by Crippen LogP contribution is -2.28. The zero-order chi connectivity index (χ0) is 18.4.